The Morgan fingerprint density at radius 1 is 0.550 bits per heavy atom. The molecule has 1 aromatic heterocycles. The van der Waals surface area contributed by atoms with E-state index >= 15 is 0 Å². The number of aromatic nitrogens is 1. The predicted octanol–water partition coefficient (Wildman–Crippen LogP) is 11.0. The van der Waals surface area contributed by atoms with Gasteiger partial charge in [0.25, 0.3) is 0 Å². The topological polar surface area (TPSA) is 37.6 Å². The van der Waals surface area contributed by atoms with Crippen LogP contribution < -0.4 is 0 Å². The van der Waals surface area contributed by atoms with Crippen molar-refractivity contribution in [3.8, 4) is 0 Å². The van der Waals surface area contributed by atoms with Gasteiger partial charge in [0.05, 0.1) is 34.2 Å². The van der Waals surface area contributed by atoms with Crippen LogP contribution in [-0.4, -0.2) is 16.4 Å². The molecule has 0 bridgehead atoms. The van der Waals surface area contributed by atoms with Gasteiger partial charge in [-0.25, -0.2) is 4.98 Å². The molecule has 0 aliphatic rings. The van der Waals surface area contributed by atoms with Crippen LogP contribution in [0.25, 0.3) is 10.8 Å². The molecule has 0 saturated heterocycles. The van der Waals surface area contributed by atoms with E-state index in [0.717, 1.165) is 45.0 Å². The standard InChI is InChI=1S/C37H45N3/c1-22(2)29-17-13-18-30(23(3)4)36(29)38-26(9)34-21-28-15-11-12-16-33(28)35(40-34)27(10)39-37-31(24(5)6)19-14-20-32(37)25(7)8/h11-25H,1-10H3/b38-26+,39-27+. The average Bonchev–Trinajstić information content (AvgIpc) is 2.91. The molecule has 3 heteroatoms. The summed E-state index contributed by atoms with van der Waals surface area (Å²) in [7, 11) is 0. The van der Waals surface area contributed by atoms with E-state index in [1.54, 1.807) is 0 Å². The Morgan fingerprint density at radius 3 is 1.43 bits per heavy atom. The van der Waals surface area contributed by atoms with Crippen molar-refractivity contribution in [3.63, 3.8) is 0 Å². The highest BCUT2D eigenvalue weighted by molar-refractivity contribution is 6.11. The summed E-state index contributed by atoms with van der Waals surface area (Å²) in [6, 6.07) is 23.8. The summed E-state index contributed by atoms with van der Waals surface area (Å²) in [6.07, 6.45) is 0. The summed E-state index contributed by atoms with van der Waals surface area (Å²) in [5, 5.41) is 2.26. The molecular weight excluding hydrogens is 486 g/mol. The zero-order valence-corrected chi connectivity index (χ0v) is 26.0. The van der Waals surface area contributed by atoms with Gasteiger partial charge in [-0.15, -0.1) is 0 Å². The second-order valence-corrected chi connectivity index (χ2v) is 12.2. The third-order valence-electron chi connectivity index (χ3n) is 7.70. The maximum Gasteiger partial charge on any atom is 0.0928 e. The lowest BCUT2D eigenvalue weighted by atomic mass is 9.92. The molecule has 0 aliphatic heterocycles. The van der Waals surface area contributed by atoms with Crippen LogP contribution in [0.3, 0.4) is 0 Å². The first-order valence-corrected chi connectivity index (χ1v) is 14.8. The second-order valence-electron chi connectivity index (χ2n) is 12.2. The molecular formula is C37H45N3. The Morgan fingerprint density at radius 2 is 0.975 bits per heavy atom. The monoisotopic (exact) mass is 531 g/mol. The number of rotatable bonds is 8. The third kappa shape index (κ3) is 6.09. The van der Waals surface area contributed by atoms with Crippen LogP contribution in [0.4, 0.5) is 11.4 Å². The minimum absolute atomic E-state index is 0.381. The molecule has 4 rings (SSSR count). The molecule has 0 unspecified atom stereocenters. The summed E-state index contributed by atoms with van der Waals surface area (Å²) in [4.78, 5) is 15.8. The molecule has 0 N–H and O–H groups in total. The number of para-hydroxylation sites is 2. The van der Waals surface area contributed by atoms with E-state index in [2.05, 4.69) is 136 Å². The Kier molecular flexibility index (Phi) is 9.03. The fourth-order valence-corrected chi connectivity index (χ4v) is 5.39. The molecule has 0 amide bonds. The van der Waals surface area contributed by atoms with Crippen LogP contribution in [0, 0.1) is 0 Å². The number of hydrogen-bond acceptors (Lipinski definition) is 3. The normalized spacial score (nSPS) is 12.9. The van der Waals surface area contributed by atoms with Gasteiger partial charge in [-0.1, -0.05) is 116 Å². The summed E-state index contributed by atoms with van der Waals surface area (Å²) in [5.41, 5.74) is 10.9. The number of hydrogen-bond donors (Lipinski definition) is 0. The molecule has 0 saturated carbocycles. The molecule has 4 aromatic rings. The van der Waals surface area contributed by atoms with Crippen LogP contribution in [-0.2, 0) is 0 Å². The van der Waals surface area contributed by atoms with Crippen molar-refractivity contribution in [1.29, 1.82) is 0 Å². The van der Waals surface area contributed by atoms with E-state index in [0.29, 0.717) is 23.7 Å². The zero-order chi connectivity index (χ0) is 29.1. The van der Waals surface area contributed by atoms with Gasteiger partial charge in [0.1, 0.15) is 0 Å². The van der Waals surface area contributed by atoms with Gasteiger partial charge in [-0.05, 0) is 71.2 Å². The minimum atomic E-state index is 0.381. The maximum absolute atomic E-state index is 5.30. The summed E-state index contributed by atoms with van der Waals surface area (Å²) in [6.45, 7) is 22.1. The van der Waals surface area contributed by atoms with E-state index in [-0.39, 0.29) is 0 Å². The van der Waals surface area contributed by atoms with Crippen LogP contribution in [0.1, 0.15) is 127 Å². The van der Waals surface area contributed by atoms with E-state index < -0.39 is 0 Å². The fourth-order valence-electron chi connectivity index (χ4n) is 5.39. The Labute approximate surface area is 241 Å². The molecule has 0 atom stereocenters. The first-order chi connectivity index (χ1) is 19.0. The van der Waals surface area contributed by atoms with Crippen LogP contribution in [0.2, 0.25) is 0 Å². The van der Waals surface area contributed by atoms with Gasteiger partial charge in [-0.2, -0.15) is 0 Å². The molecule has 3 nitrogen and oxygen atoms in total. The predicted molar refractivity (Wildman–Crippen MR) is 175 cm³/mol. The van der Waals surface area contributed by atoms with Crippen molar-refractivity contribution in [2.24, 2.45) is 9.98 Å². The average molecular weight is 532 g/mol. The number of aliphatic imine (C=N–C) groups is 2. The summed E-state index contributed by atoms with van der Waals surface area (Å²) < 4.78 is 0. The zero-order valence-electron chi connectivity index (χ0n) is 26.0. The van der Waals surface area contributed by atoms with Crippen LogP contribution in [0.15, 0.2) is 76.7 Å². The molecule has 3 aromatic carbocycles. The van der Waals surface area contributed by atoms with Crippen molar-refractivity contribution in [1.82, 2.24) is 4.98 Å². The van der Waals surface area contributed by atoms with Crippen molar-refractivity contribution < 1.29 is 0 Å². The molecule has 0 fully saturated rings. The quantitative estimate of drug-likeness (QED) is 0.208. The van der Waals surface area contributed by atoms with Crippen molar-refractivity contribution in [2.75, 3.05) is 0 Å². The van der Waals surface area contributed by atoms with Crippen molar-refractivity contribution >= 4 is 33.6 Å². The van der Waals surface area contributed by atoms with E-state index in [9.17, 15) is 0 Å². The van der Waals surface area contributed by atoms with Gasteiger partial charge < -0.3 is 0 Å². The highest BCUT2D eigenvalue weighted by Crippen LogP contribution is 2.37. The maximum atomic E-state index is 5.30. The molecule has 0 spiro atoms. The van der Waals surface area contributed by atoms with Gasteiger partial charge in [-0.3, -0.25) is 9.98 Å². The van der Waals surface area contributed by atoms with E-state index in [1.807, 2.05) is 0 Å². The lowest BCUT2D eigenvalue weighted by molar-refractivity contribution is 0.834. The fraction of sp³-hybridized carbons (Fsp3) is 0.378. The van der Waals surface area contributed by atoms with Gasteiger partial charge in [0, 0.05) is 5.39 Å². The number of pyridine rings is 1. The smallest absolute Gasteiger partial charge is 0.0928 e. The van der Waals surface area contributed by atoms with Gasteiger partial charge in [0.2, 0.25) is 0 Å². The minimum Gasteiger partial charge on any atom is -0.251 e. The highest BCUT2D eigenvalue weighted by Gasteiger charge is 2.18. The Bertz CT molecular complexity index is 1520. The van der Waals surface area contributed by atoms with Gasteiger partial charge in [0.15, 0.2) is 0 Å². The molecule has 40 heavy (non-hydrogen) atoms. The van der Waals surface area contributed by atoms with Gasteiger partial charge >= 0.3 is 0 Å². The summed E-state index contributed by atoms with van der Waals surface area (Å²) >= 11 is 0. The summed E-state index contributed by atoms with van der Waals surface area (Å²) in [5.74, 6) is 1.53. The molecule has 208 valence electrons. The Hall–Kier alpha value is -3.59. The second kappa shape index (κ2) is 12.3. The SMILES string of the molecule is C/C(=N\c1c(C(C)C)cccc1C(C)C)c1cc2ccccc2c(/C(C)=N/c2c(C(C)C)cccc2C(C)C)n1. The first-order valence-electron chi connectivity index (χ1n) is 14.8. The molecule has 1 heterocycles. The number of nitrogens with zero attached hydrogens (tertiary/aromatic N) is 3. The van der Waals surface area contributed by atoms with E-state index in [4.69, 9.17) is 15.0 Å². The number of fused-ring (bicyclic) bond motifs is 1. The third-order valence-corrected chi connectivity index (χ3v) is 7.70. The van der Waals surface area contributed by atoms with Crippen molar-refractivity contribution in [2.45, 2.75) is 92.9 Å². The van der Waals surface area contributed by atoms with Crippen molar-refractivity contribution in [3.05, 3.63) is 100 Å². The molecule has 0 radical (unpaired) electrons. The number of benzene rings is 3. The molecule has 0 aliphatic carbocycles. The Balaban J connectivity index is 1.94. The highest BCUT2D eigenvalue weighted by atomic mass is 14.8. The van der Waals surface area contributed by atoms with E-state index in [1.165, 1.54) is 22.3 Å². The first kappa shape index (κ1) is 29.4. The largest absolute Gasteiger partial charge is 0.251 e. The lowest BCUT2D eigenvalue weighted by Gasteiger charge is -2.18. The van der Waals surface area contributed by atoms with Crippen LogP contribution >= 0.6 is 0 Å². The lowest BCUT2D eigenvalue weighted by Crippen LogP contribution is -2.08. The van der Waals surface area contributed by atoms with Crippen LogP contribution in [0.5, 0.6) is 0 Å².